The summed E-state index contributed by atoms with van der Waals surface area (Å²) in [5.74, 6) is 0.905. The van der Waals surface area contributed by atoms with Crippen LogP contribution in [0.1, 0.15) is 5.69 Å². The van der Waals surface area contributed by atoms with Crippen LogP contribution in [-0.4, -0.2) is 50.7 Å². The van der Waals surface area contributed by atoms with E-state index < -0.39 is 11.9 Å². The van der Waals surface area contributed by atoms with Gasteiger partial charge in [-0.25, -0.2) is 9.97 Å². The van der Waals surface area contributed by atoms with Crippen LogP contribution in [0.2, 0.25) is 5.02 Å². The summed E-state index contributed by atoms with van der Waals surface area (Å²) in [5, 5.41) is 4.54. The van der Waals surface area contributed by atoms with Crippen molar-refractivity contribution in [1.82, 2.24) is 24.6 Å². The second-order valence-electron chi connectivity index (χ2n) is 5.75. The monoisotopic (exact) mass is 383 g/mol. The van der Waals surface area contributed by atoms with Crippen molar-refractivity contribution < 1.29 is 13.2 Å². The summed E-state index contributed by atoms with van der Waals surface area (Å²) in [6.07, 6.45) is -1.70. The van der Waals surface area contributed by atoms with Gasteiger partial charge in [-0.3, -0.25) is 0 Å². The first-order chi connectivity index (χ1) is 12.4. The Labute approximate surface area is 151 Å². The average molecular weight is 384 g/mol. The van der Waals surface area contributed by atoms with Gasteiger partial charge in [0.05, 0.1) is 5.02 Å². The van der Waals surface area contributed by atoms with E-state index in [0.29, 0.717) is 42.8 Å². The van der Waals surface area contributed by atoms with Crippen molar-refractivity contribution in [3.8, 4) is 0 Å². The number of nitrogens with zero attached hydrogens (tertiary/aromatic N) is 7. The van der Waals surface area contributed by atoms with Gasteiger partial charge in [0, 0.05) is 38.4 Å². The number of fused-ring (bicyclic) bond motifs is 1. The van der Waals surface area contributed by atoms with Gasteiger partial charge in [-0.1, -0.05) is 11.6 Å². The molecule has 0 aromatic carbocycles. The Balaban J connectivity index is 1.62. The van der Waals surface area contributed by atoms with Crippen molar-refractivity contribution in [3.63, 3.8) is 0 Å². The van der Waals surface area contributed by atoms with E-state index in [1.807, 2.05) is 9.80 Å². The van der Waals surface area contributed by atoms with E-state index in [1.54, 1.807) is 18.3 Å². The summed E-state index contributed by atoms with van der Waals surface area (Å²) in [6, 6.07) is 4.51. The maximum atomic E-state index is 13.1. The van der Waals surface area contributed by atoms with Gasteiger partial charge in [0.2, 0.25) is 0 Å². The van der Waals surface area contributed by atoms with E-state index in [9.17, 15) is 13.2 Å². The number of anilines is 2. The minimum atomic E-state index is -4.55. The fourth-order valence-electron chi connectivity index (χ4n) is 2.92. The number of halogens is 4. The molecule has 0 aliphatic carbocycles. The normalized spacial score (nSPS) is 15.7. The topological polar surface area (TPSA) is 62.5 Å². The molecule has 3 aromatic heterocycles. The molecule has 4 rings (SSSR count). The Kier molecular flexibility index (Phi) is 4.06. The van der Waals surface area contributed by atoms with Crippen LogP contribution in [0.15, 0.2) is 30.7 Å². The largest absolute Gasteiger partial charge is 0.433 e. The number of aromatic nitrogens is 5. The number of alkyl halides is 3. The van der Waals surface area contributed by atoms with E-state index in [-0.39, 0.29) is 5.78 Å². The van der Waals surface area contributed by atoms with Crippen LogP contribution in [0.5, 0.6) is 0 Å². The molecule has 0 amide bonds. The van der Waals surface area contributed by atoms with Crippen LogP contribution in [-0.2, 0) is 6.18 Å². The predicted molar refractivity (Wildman–Crippen MR) is 89.5 cm³/mol. The SMILES string of the molecule is FC(F)(F)c1cc(N2CCN(c3ncccc3Cl)CC2)n2ncnc2n1. The van der Waals surface area contributed by atoms with Gasteiger partial charge in [-0.15, -0.1) is 0 Å². The third-order valence-electron chi connectivity index (χ3n) is 4.17. The quantitative estimate of drug-likeness (QED) is 0.677. The molecule has 3 aromatic rings. The minimum Gasteiger partial charge on any atom is -0.353 e. The molecule has 1 aliphatic heterocycles. The summed E-state index contributed by atoms with van der Waals surface area (Å²) in [5.41, 5.74) is -0.983. The maximum Gasteiger partial charge on any atom is 0.433 e. The van der Waals surface area contributed by atoms with E-state index in [1.165, 1.54) is 10.8 Å². The number of hydrogen-bond acceptors (Lipinski definition) is 6. The number of hydrogen-bond donors (Lipinski definition) is 0. The number of piperazine rings is 1. The lowest BCUT2D eigenvalue weighted by Crippen LogP contribution is -2.47. The molecule has 0 atom stereocenters. The standard InChI is InChI=1S/C15H13ClF3N7/c16-10-2-1-3-20-13(10)25-6-4-24(5-7-25)12-8-11(15(17,18)19)23-14-21-9-22-26(12)14/h1-3,8-9H,4-7H2. The molecule has 1 saturated heterocycles. The highest BCUT2D eigenvalue weighted by Crippen LogP contribution is 2.31. The van der Waals surface area contributed by atoms with E-state index in [2.05, 4.69) is 20.1 Å². The first-order valence-electron chi connectivity index (χ1n) is 7.82. The fraction of sp³-hybridized carbons (Fsp3) is 0.333. The summed E-state index contributed by atoms with van der Waals surface area (Å²) in [7, 11) is 0. The molecular weight excluding hydrogens is 371 g/mol. The van der Waals surface area contributed by atoms with Crippen LogP contribution in [0.25, 0.3) is 5.78 Å². The average Bonchev–Trinajstić information content (AvgIpc) is 3.09. The van der Waals surface area contributed by atoms with Crippen LogP contribution in [0.3, 0.4) is 0 Å². The lowest BCUT2D eigenvalue weighted by Gasteiger charge is -2.36. The molecule has 0 radical (unpaired) electrons. The molecular formula is C15H13ClF3N7. The van der Waals surface area contributed by atoms with Gasteiger partial charge in [0.15, 0.2) is 5.69 Å². The van der Waals surface area contributed by atoms with Crippen molar-refractivity contribution >= 4 is 29.0 Å². The highest BCUT2D eigenvalue weighted by Gasteiger charge is 2.35. The van der Waals surface area contributed by atoms with Crippen LogP contribution < -0.4 is 9.80 Å². The molecule has 0 saturated carbocycles. The molecule has 1 fully saturated rings. The smallest absolute Gasteiger partial charge is 0.353 e. The molecule has 7 nitrogen and oxygen atoms in total. The molecule has 11 heteroatoms. The van der Waals surface area contributed by atoms with Gasteiger partial charge < -0.3 is 9.80 Å². The Morgan fingerprint density at radius 2 is 1.77 bits per heavy atom. The van der Waals surface area contributed by atoms with Gasteiger partial charge in [-0.2, -0.15) is 27.8 Å². The summed E-state index contributed by atoms with van der Waals surface area (Å²) in [4.78, 5) is 15.4. The van der Waals surface area contributed by atoms with Gasteiger partial charge in [0.25, 0.3) is 5.78 Å². The van der Waals surface area contributed by atoms with Crippen molar-refractivity contribution in [2.45, 2.75) is 6.18 Å². The second-order valence-corrected chi connectivity index (χ2v) is 6.16. The first-order valence-corrected chi connectivity index (χ1v) is 8.19. The van der Waals surface area contributed by atoms with Crippen molar-refractivity contribution in [2.24, 2.45) is 0 Å². The van der Waals surface area contributed by atoms with Gasteiger partial charge in [-0.05, 0) is 12.1 Å². The molecule has 0 N–H and O–H groups in total. The second kappa shape index (κ2) is 6.27. The molecule has 1 aliphatic rings. The van der Waals surface area contributed by atoms with Crippen molar-refractivity contribution in [3.05, 3.63) is 41.4 Å². The van der Waals surface area contributed by atoms with Crippen LogP contribution in [0.4, 0.5) is 24.8 Å². The number of pyridine rings is 1. The van der Waals surface area contributed by atoms with Crippen molar-refractivity contribution in [2.75, 3.05) is 36.0 Å². The Bertz CT molecular complexity index is 934. The summed E-state index contributed by atoms with van der Waals surface area (Å²) >= 11 is 6.17. The Morgan fingerprint density at radius 1 is 1.04 bits per heavy atom. The van der Waals surface area contributed by atoms with E-state index in [0.717, 1.165) is 6.07 Å². The molecule has 26 heavy (non-hydrogen) atoms. The fourth-order valence-corrected chi connectivity index (χ4v) is 3.17. The highest BCUT2D eigenvalue weighted by atomic mass is 35.5. The van der Waals surface area contributed by atoms with Crippen LogP contribution in [0, 0.1) is 0 Å². The van der Waals surface area contributed by atoms with E-state index >= 15 is 0 Å². The first kappa shape index (κ1) is 16.8. The Hall–Kier alpha value is -2.62. The number of rotatable bonds is 2. The maximum absolute atomic E-state index is 13.1. The molecule has 0 spiro atoms. The third-order valence-corrected chi connectivity index (χ3v) is 4.46. The zero-order chi connectivity index (χ0) is 18.3. The van der Waals surface area contributed by atoms with Crippen LogP contribution >= 0.6 is 11.6 Å². The lowest BCUT2D eigenvalue weighted by atomic mass is 10.2. The van der Waals surface area contributed by atoms with E-state index in [4.69, 9.17) is 11.6 Å². The zero-order valence-electron chi connectivity index (χ0n) is 13.4. The molecule has 136 valence electrons. The third kappa shape index (κ3) is 3.00. The van der Waals surface area contributed by atoms with Gasteiger partial charge in [0.1, 0.15) is 18.0 Å². The minimum absolute atomic E-state index is 0.0787. The predicted octanol–water partition coefficient (Wildman–Crippen LogP) is 2.52. The zero-order valence-corrected chi connectivity index (χ0v) is 14.1. The summed E-state index contributed by atoms with van der Waals surface area (Å²) < 4.78 is 40.7. The molecule has 0 bridgehead atoms. The molecule has 4 heterocycles. The van der Waals surface area contributed by atoms with Gasteiger partial charge >= 0.3 is 6.18 Å². The summed E-state index contributed by atoms with van der Waals surface area (Å²) in [6.45, 7) is 2.11. The Morgan fingerprint density at radius 3 is 2.46 bits per heavy atom. The molecule has 0 unspecified atom stereocenters. The van der Waals surface area contributed by atoms with Crippen molar-refractivity contribution in [1.29, 1.82) is 0 Å². The lowest BCUT2D eigenvalue weighted by molar-refractivity contribution is -0.141. The highest BCUT2D eigenvalue weighted by molar-refractivity contribution is 6.32.